The molecule has 3 aromatic rings. The van der Waals surface area contributed by atoms with Crippen molar-refractivity contribution in [3.05, 3.63) is 36.7 Å². The molecule has 1 aromatic carbocycles. The first-order chi connectivity index (χ1) is 14.7. The number of nitrogens with one attached hydrogen (secondary N) is 1. The Morgan fingerprint density at radius 3 is 2.48 bits per heavy atom. The fourth-order valence-electron chi connectivity index (χ4n) is 3.61. The molecule has 4 rings (SSSR count). The van der Waals surface area contributed by atoms with E-state index in [2.05, 4.69) is 20.6 Å². The van der Waals surface area contributed by atoms with Crippen molar-refractivity contribution in [3.8, 4) is 11.1 Å². The number of anilines is 1. The highest BCUT2D eigenvalue weighted by Gasteiger charge is 2.43. The second-order valence-electron chi connectivity index (χ2n) is 7.46. The summed E-state index contributed by atoms with van der Waals surface area (Å²) >= 11 is 0. The van der Waals surface area contributed by atoms with Gasteiger partial charge in [0.05, 0.1) is 11.7 Å². The van der Waals surface area contributed by atoms with Crippen LogP contribution in [0.25, 0.3) is 22.0 Å². The first-order valence-corrected chi connectivity index (χ1v) is 9.64. The Morgan fingerprint density at radius 2 is 1.84 bits per heavy atom. The molecule has 1 aliphatic rings. The Morgan fingerprint density at radius 1 is 1.10 bits per heavy atom. The van der Waals surface area contributed by atoms with E-state index in [0.717, 1.165) is 21.4 Å². The second-order valence-corrected chi connectivity index (χ2v) is 7.46. The standard InChI is InChI=1S/C20H19F3N6O2/c1-28-11-15(10-24-28)13-2-3-16-14(8-13)9-17(27-26-16)25-18(30)12-4-6-29(7-5-12)19(31)20(21,22)23/h2-3,8-12H,4-7H2,1H3,(H,25,27,30). The van der Waals surface area contributed by atoms with Crippen LogP contribution in [0.4, 0.5) is 19.0 Å². The number of aryl methyl sites for hydroxylation is 1. The number of nitrogens with zero attached hydrogens (tertiary/aromatic N) is 5. The van der Waals surface area contributed by atoms with Crippen molar-refractivity contribution in [1.29, 1.82) is 0 Å². The van der Waals surface area contributed by atoms with E-state index in [9.17, 15) is 22.8 Å². The normalized spacial score (nSPS) is 15.3. The maximum atomic E-state index is 12.6. The van der Waals surface area contributed by atoms with Crippen LogP contribution in [0, 0.1) is 5.92 Å². The number of amides is 2. The van der Waals surface area contributed by atoms with E-state index < -0.39 is 18.0 Å². The van der Waals surface area contributed by atoms with Crippen molar-refractivity contribution in [2.75, 3.05) is 18.4 Å². The van der Waals surface area contributed by atoms with Gasteiger partial charge < -0.3 is 10.2 Å². The van der Waals surface area contributed by atoms with Crippen LogP contribution in [0.1, 0.15) is 12.8 Å². The highest BCUT2D eigenvalue weighted by molar-refractivity contribution is 5.94. The van der Waals surface area contributed by atoms with Crippen LogP contribution in [-0.4, -0.2) is 56.0 Å². The molecule has 0 atom stereocenters. The quantitative estimate of drug-likeness (QED) is 0.687. The average molecular weight is 432 g/mol. The van der Waals surface area contributed by atoms with E-state index in [4.69, 9.17) is 0 Å². The third kappa shape index (κ3) is 4.49. The number of likely N-dealkylation sites (tertiary alicyclic amines) is 1. The molecule has 1 fully saturated rings. The number of carbonyl (C=O) groups excluding carboxylic acids is 2. The average Bonchev–Trinajstić information content (AvgIpc) is 3.18. The fourth-order valence-corrected chi connectivity index (χ4v) is 3.61. The molecule has 0 spiro atoms. The van der Waals surface area contributed by atoms with Gasteiger partial charge in [-0.05, 0) is 36.6 Å². The number of rotatable bonds is 3. The molecule has 2 aromatic heterocycles. The Kier molecular flexibility index (Phi) is 5.34. The number of carbonyl (C=O) groups is 2. The molecule has 0 unspecified atom stereocenters. The summed E-state index contributed by atoms with van der Waals surface area (Å²) in [4.78, 5) is 24.6. The zero-order chi connectivity index (χ0) is 22.2. The Bertz CT molecular complexity index is 1140. The first-order valence-electron chi connectivity index (χ1n) is 9.64. The lowest BCUT2D eigenvalue weighted by Crippen LogP contribution is -2.46. The van der Waals surface area contributed by atoms with Gasteiger partial charge in [0.1, 0.15) is 0 Å². The highest BCUT2D eigenvalue weighted by Crippen LogP contribution is 2.26. The molecule has 1 aliphatic heterocycles. The third-order valence-corrected chi connectivity index (χ3v) is 5.27. The Balaban J connectivity index is 1.43. The molecule has 0 bridgehead atoms. The van der Waals surface area contributed by atoms with Gasteiger partial charge in [-0.3, -0.25) is 14.3 Å². The topological polar surface area (TPSA) is 93.0 Å². The molecule has 11 heteroatoms. The van der Waals surface area contributed by atoms with Gasteiger partial charge in [0.2, 0.25) is 5.91 Å². The lowest BCUT2D eigenvalue weighted by atomic mass is 9.96. The molecule has 0 aliphatic carbocycles. The maximum absolute atomic E-state index is 12.6. The number of alkyl halides is 3. The smallest absolute Gasteiger partial charge is 0.335 e. The molecular weight excluding hydrogens is 413 g/mol. The number of fused-ring (bicyclic) bond motifs is 1. The fraction of sp³-hybridized carbons (Fsp3) is 0.350. The summed E-state index contributed by atoms with van der Waals surface area (Å²) in [6.45, 7) is -0.234. The van der Waals surface area contributed by atoms with Crippen LogP contribution < -0.4 is 5.32 Å². The monoisotopic (exact) mass is 432 g/mol. The van der Waals surface area contributed by atoms with Crippen LogP contribution >= 0.6 is 0 Å². The summed E-state index contributed by atoms with van der Waals surface area (Å²) < 4.78 is 39.4. The van der Waals surface area contributed by atoms with Gasteiger partial charge in [-0.1, -0.05) is 6.07 Å². The predicted octanol–water partition coefficient (Wildman–Crippen LogP) is 2.77. The molecule has 8 nitrogen and oxygen atoms in total. The van der Waals surface area contributed by atoms with E-state index >= 15 is 0 Å². The van der Waals surface area contributed by atoms with Crippen molar-refractivity contribution < 1.29 is 22.8 Å². The Hall–Kier alpha value is -3.50. The van der Waals surface area contributed by atoms with E-state index in [1.54, 1.807) is 16.9 Å². The summed E-state index contributed by atoms with van der Waals surface area (Å²) in [7, 11) is 1.83. The molecular formula is C20H19F3N6O2. The summed E-state index contributed by atoms with van der Waals surface area (Å²) in [6.07, 6.45) is -0.965. The van der Waals surface area contributed by atoms with Crippen LogP contribution in [0.5, 0.6) is 0 Å². The lowest BCUT2D eigenvalue weighted by Gasteiger charge is -2.31. The lowest BCUT2D eigenvalue weighted by molar-refractivity contribution is -0.186. The Labute approximate surface area is 175 Å². The van der Waals surface area contributed by atoms with Crippen LogP contribution in [-0.2, 0) is 16.6 Å². The SMILES string of the molecule is Cn1cc(-c2ccc3nnc(NC(=O)C4CCN(C(=O)C(F)(F)F)CC4)cc3c2)cn1. The van der Waals surface area contributed by atoms with Crippen LogP contribution in [0.3, 0.4) is 0 Å². The van der Waals surface area contributed by atoms with E-state index in [1.165, 1.54) is 0 Å². The summed E-state index contributed by atoms with van der Waals surface area (Å²) in [5.41, 5.74) is 2.53. The van der Waals surface area contributed by atoms with Gasteiger partial charge in [-0.25, -0.2) is 0 Å². The molecule has 1 saturated heterocycles. The van der Waals surface area contributed by atoms with Gasteiger partial charge in [-0.15, -0.1) is 10.2 Å². The van der Waals surface area contributed by atoms with Crippen LogP contribution in [0.2, 0.25) is 0 Å². The minimum atomic E-state index is -4.90. The van der Waals surface area contributed by atoms with Gasteiger partial charge in [0.15, 0.2) is 5.82 Å². The number of benzene rings is 1. The van der Waals surface area contributed by atoms with Crippen molar-refractivity contribution in [3.63, 3.8) is 0 Å². The van der Waals surface area contributed by atoms with Gasteiger partial charge >= 0.3 is 12.1 Å². The summed E-state index contributed by atoms with van der Waals surface area (Å²) in [6, 6.07) is 7.34. The molecule has 0 saturated carbocycles. The van der Waals surface area contributed by atoms with Crippen LogP contribution in [0.15, 0.2) is 36.7 Å². The van der Waals surface area contributed by atoms with Crippen molar-refractivity contribution in [2.45, 2.75) is 19.0 Å². The number of piperidine rings is 1. The van der Waals surface area contributed by atoms with Crippen molar-refractivity contribution in [2.24, 2.45) is 13.0 Å². The van der Waals surface area contributed by atoms with Crippen molar-refractivity contribution >= 4 is 28.5 Å². The van der Waals surface area contributed by atoms with E-state index in [1.807, 2.05) is 31.4 Å². The molecule has 31 heavy (non-hydrogen) atoms. The van der Waals surface area contributed by atoms with Gasteiger partial charge in [-0.2, -0.15) is 18.3 Å². The third-order valence-electron chi connectivity index (χ3n) is 5.27. The molecule has 3 heterocycles. The number of hydrogen-bond acceptors (Lipinski definition) is 5. The molecule has 1 N–H and O–H groups in total. The van der Waals surface area contributed by atoms with Crippen molar-refractivity contribution in [1.82, 2.24) is 24.9 Å². The summed E-state index contributed by atoms with van der Waals surface area (Å²) in [5, 5.41) is 15.7. The summed E-state index contributed by atoms with van der Waals surface area (Å²) in [5.74, 6) is -2.46. The van der Waals surface area contributed by atoms with Gasteiger partial charge in [0, 0.05) is 43.2 Å². The van der Waals surface area contributed by atoms with Gasteiger partial charge in [0.25, 0.3) is 0 Å². The number of aromatic nitrogens is 4. The predicted molar refractivity (Wildman–Crippen MR) is 106 cm³/mol. The first kappa shape index (κ1) is 20.8. The van der Waals surface area contributed by atoms with E-state index in [-0.39, 0.29) is 37.7 Å². The minimum absolute atomic E-state index is 0.117. The number of hydrogen-bond donors (Lipinski definition) is 1. The largest absolute Gasteiger partial charge is 0.471 e. The molecule has 2 amide bonds. The highest BCUT2D eigenvalue weighted by atomic mass is 19.4. The second kappa shape index (κ2) is 7.97. The molecule has 0 radical (unpaired) electrons. The number of halogens is 3. The molecule has 162 valence electrons. The zero-order valence-corrected chi connectivity index (χ0v) is 16.6. The van der Waals surface area contributed by atoms with E-state index in [0.29, 0.717) is 5.52 Å². The zero-order valence-electron chi connectivity index (χ0n) is 16.6. The minimum Gasteiger partial charge on any atom is -0.335 e. The maximum Gasteiger partial charge on any atom is 0.471 e.